The molecule has 5 rings (SSSR count). The second-order valence-electron chi connectivity index (χ2n) is 7.10. The van der Waals surface area contributed by atoms with Crippen molar-refractivity contribution in [3.8, 4) is 0 Å². The zero-order valence-corrected chi connectivity index (χ0v) is 16.4. The van der Waals surface area contributed by atoms with Gasteiger partial charge in [-0.2, -0.15) is 0 Å². The Morgan fingerprint density at radius 1 is 0.613 bits per heavy atom. The van der Waals surface area contributed by atoms with Crippen LogP contribution in [0.15, 0.2) is 118 Å². The lowest BCUT2D eigenvalue weighted by molar-refractivity contribution is -0.113. The average molecular weight is 403 g/mol. The van der Waals surface area contributed by atoms with E-state index in [2.05, 4.69) is 15.3 Å². The van der Waals surface area contributed by atoms with Gasteiger partial charge in [-0.3, -0.25) is 9.59 Å². The molecule has 1 amide bonds. The number of ketones is 1. The third-order valence-electron chi connectivity index (χ3n) is 5.06. The summed E-state index contributed by atoms with van der Waals surface area (Å²) in [5, 5.41) is 3.21. The predicted molar refractivity (Wildman–Crippen MR) is 122 cm³/mol. The Morgan fingerprint density at radius 3 is 1.84 bits per heavy atom. The summed E-state index contributed by atoms with van der Waals surface area (Å²) in [6.07, 6.45) is 1.82. The van der Waals surface area contributed by atoms with Crippen LogP contribution in [0.4, 0.5) is 5.69 Å². The minimum absolute atomic E-state index is 0.0581. The summed E-state index contributed by atoms with van der Waals surface area (Å²) in [4.78, 5) is 34.8. The molecule has 0 aromatic heterocycles. The maximum atomic E-state index is 13.4. The first-order chi connectivity index (χ1) is 15.2. The van der Waals surface area contributed by atoms with Gasteiger partial charge in [0.1, 0.15) is 11.4 Å². The van der Waals surface area contributed by atoms with Crippen molar-refractivity contribution in [2.75, 3.05) is 5.32 Å². The van der Waals surface area contributed by atoms with Crippen molar-refractivity contribution >= 4 is 34.4 Å². The summed E-state index contributed by atoms with van der Waals surface area (Å²) in [5.41, 5.74) is 4.06. The van der Waals surface area contributed by atoms with Gasteiger partial charge in [-0.25, -0.2) is 9.98 Å². The highest BCUT2D eigenvalue weighted by Crippen LogP contribution is 2.31. The summed E-state index contributed by atoms with van der Waals surface area (Å²) >= 11 is 0. The van der Waals surface area contributed by atoms with Gasteiger partial charge in [0.05, 0.1) is 11.4 Å². The number of carbonyl (C=O) groups is 2. The SMILES string of the molecule is O=C1N=C2C(=O)C(Nc3ccccc3)=C(c3ccccc3)C=C2N=C1c1ccccc1. The van der Waals surface area contributed by atoms with Gasteiger partial charge >= 0.3 is 0 Å². The number of Topliss-reactive ketones (excluding diaryl/α,β-unsaturated/α-hetero) is 1. The van der Waals surface area contributed by atoms with Crippen molar-refractivity contribution in [1.82, 2.24) is 0 Å². The standard InChI is InChI=1S/C26H17N3O2/c30-25-23(27-19-14-8-3-9-15-19)20(17-10-4-1-5-11-17)16-21-24(25)29-26(31)22(28-21)18-12-6-2-7-13-18/h1-16,27H. The number of fused-ring (bicyclic) bond motifs is 1. The molecule has 0 fully saturated rings. The number of hydrogen-bond acceptors (Lipinski definition) is 4. The maximum Gasteiger partial charge on any atom is 0.296 e. The molecule has 0 atom stereocenters. The van der Waals surface area contributed by atoms with Crippen LogP contribution >= 0.6 is 0 Å². The molecule has 5 nitrogen and oxygen atoms in total. The van der Waals surface area contributed by atoms with Crippen LogP contribution in [0, 0.1) is 0 Å². The smallest absolute Gasteiger partial charge is 0.296 e. The van der Waals surface area contributed by atoms with Crippen LogP contribution in [0.25, 0.3) is 5.57 Å². The van der Waals surface area contributed by atoms with Gasteiger partial charge in [0.15, 0.2) is 0 Å². The van der Waals surface area contributed by atoms with Gasteiger partial charge in [-0.15, -0.1) is 0 Å². The molecule has 0 saturated heterocycles. The molecule has 0 radical (unpaired) electrons. The lowest BCUT2D eigenvalue weighted by atomic mass is 9.91. The minimum atomic E-state index is -0.520. The van der Waals surface area contributed by atoms with Crippen LogP contribution in [0.5, 0.6) is 0 Å². The third-order valence-corrected chi connectivity index (χ3v) is 5.06. The van der Waals surface area contributed by atoms with E-state index in [0.29, 0.717) is 22.5 Å². The molecule has 0 bridgehead atoms. The molecule has 1 aliphatic carbocycles. The van der Waals surface area contributed by atoms with Crippen LogP contribution in [0.1, 0.15) is 11.1 Å². The number of hydrogen-bond donors (Lipinski definition) is 1. The normalized spacial score (nSPS) is 15.7. The van der Waals surface area contributed by atoms with Gasteiger partial charge in [0.2, 0.25) is 5.78 Å². The number of nitrogens with zero attached hydrogens (tertiary/aromatic N) is 2. The summed E-state index contributed by atoms with van der Waals surface area (Å²) in [5.74, 6) is -0.877. The van der Waals surface area contributed by atoms with E-state index in [9.17, 15) is 9.59 Å². The van der Waals surface area contributed by atoms with Crippen molar-refractivity contribution in [2.45, 2.75) is 0 Å². The highest BCUT2D eigenvalue weighted by Gasteiger charge is 2.33. The predicted octanol–water partition coefficient (Wildman–Crippen LogP) is 4.45. The molecule has 31 heavy (non-hydrogen) atoms. The topological polar surface area (TPSA) is 70.9 Å². The molecular formula is C26H17N3O2. The Bertz CT molecular complexity index is 1300. The Morgan fingerprint density at radius 2 is 1.19 bits per heavy atom. The molecule has 0 spiro atoms. The Hall–Kier alpha value is -4.38. The molecule has 1 aliphatic heterocycles. The molecular weight excluding hydrogens is 386 g/mol. The molecule has 1 N–H and O–H groups in total. The van der Waals surface area contributed by atoms with Crippen molar-refractivity contribution in [2.24, 2.45) is 9.98 Å². The van der Waals surface area contributed by atoms with Gasteiger partial charge in [0, 0.05) is 16.8 Å². The molecule has 0 saturated carbocycles. The quantitative estimate of drug-likeness (QED) is 0.655. The van der Waals surface area contributed by atoms with Crippen molar-refractivity contribution in [1.29, 1.82) is 0 Å². The van der Waals surface area contributed by atoms with E-state index in [1.165, 1.54) is 0 Å². The molecule has 3 aromatic rings. The fraction of sp³-hybridized carbons (Fsp3) is 0. The Labute approximate surface area is 179 Å². The third kappa shape index (κ3) is 3.53. The summed E-state index contributed by atoms with van der Waals surface area (Å²) in [6.45, 7) is 0. The Balaban J connectivity index is 1.67. The average Bonchev–Trinajstić information content (AvgIpc) is 2.82. The van der Waals surface area contributed by atoms with Crippen LogP contribution in [0.2, 0.25) is 0 Å². The van der Waals surface area contributed by atoms with E-state index in [4.69, 9.17) is 0 Å². The number of nitrogens with one attached hydrogen (secondary N) is 1. The highest BCUT2D eigenvalue weighted by atomic mass is 16.2. The lowest BCUT2D eigenvalue weighted by Crippen LogP contribution is -2.32. The zero-order valence-electron chi connectivity index (χ0n) is 16.4. The highest BCUT2D eigenvalue weighted by molar-refractivity contribution is 6.60. The van der Waals surface area contributed by atoms with Crippen molar-refractivity contribution in [3.63, 3.8) is 0 Å². The summed E-state index contributed by atoms with van der Waals surface area (Å²) < 4.78 is 0. The van der Waals surface area contributed by atoms with Gasteiger partial charge in [-0.05, 0) is 23.8 Å². The molecule has 5 heteroatoms. The van der Waals surface area contributed by atoms with Crippen LogP contribution in [0.3, 0.4) is 0 Å². The molecule has 3 aromatic carbocycles. The second-order valence-corrected chi connectivity index (χ2v) is 7.10. The molecule has 0 unspecified atom stereocenters. The second kappa shape index (κ2) is 7.80. The first-order valence-electron chi connectivity index (χ1n) is 9.86. The maximum absolute atomic E-state index is 13.4. The number of aliphatic imine (C=N–C) groups is 2. The van der Waals surface area contributed by atoms with E-state index < -0.39 is 5.91 Å². The van der Waals surface area contributed by atoms with Crippen LogP contribution in [-0.4, -0.2) is 23.1 Å². The first kappa shape index (κ1) is 18.6. The van der Waals surface area contributed by atoms with E-state index in [0.717, 1.165) is 11.3 Å². The van der Waals surface area contributed by atoms with E-state index in [1.807, 2.05) is 84.9 Å². The summed E-state index contributed by atoms with van der Waals surface area (Å²) in [7, 11) is 0. The number of rotatable bonds is 4. The summed E-state index contributed by atoms with van der Waals surface area (Å²) in [6, 6.07) is 28.2. The molecule has 148 valence electrons. The number of amides is 1. The molecule has 2 aliphatic rings. The number of anilines is 1. The number of benzene rings is 3. The number of allylic oxidation sites excluding steroid dienone is 4. The van der Waals surface area contributed by atoms with Gasteiger partial charge < -0.3 is 5.32 Å². The van der Waals surface area contributed by atoms with Crippen LogP contribution < -0.4 is 5.32 Å². The van der Waals surface area contributed by atoms with Crippen LogP contribution in [-0.2, 0) is 9.59 Å². The van der Waals surface area contributed by atoms with E-state index >= 15 is 0 Å². The Kier molecular flexibility index (Phi) is 4.69. The van der Waals surface area contributed by atoms with Crippen molar-refractivity contribution < 1.29 is 9.59 Å². The monoisotopic (exact) mass is 403 g/mol. The fourth-order valence-electron chi connectivity index (χ4n) is 3.57. The largest absolute Gasteiger partial charge is 0.352 e. The number of para-hydroxylation sites is 1. The fourth-order valence-corrected chi connectivity index (χ4v) is 3.57. The first-order valence-corrected chi connectivity index (χ1v) is 9.86. The number of carbonyl (C=O) groups excluding carboxylic acids is 2. The van der Waals surface area contributed by atoms with E-state index in [1.54, 1.807) is 12.1 Å². The van der Waals surface area contributed by atoms with Gasteiger partial charge in [-0.1, -0.05) is 78.9 Å². The van der Waals surface area contributed by atoms with E-state index in [-0.39, 0.29) is 17.2 Å². The molecule has 1 heterocycles. The minimum Gasteiger partial charge on any atom is -0.352 e. The van der Waals surface area contributed by atoms with Crippen molar-refractivity contribution in [3.05, 3.63) is 120 Å². The van der Waals surface area contributed by atoms with Gasteiger partial charge in [0.25, 0.3) is 5.91 Å². The lowest BCUT2D eigenvalue weighted by Gasteiger charge is -2.23. The zero-order chi connectivity index (χ0) is 21.2.